The average molecular weight is 542 g/mol. The van der Waals surface area contributed by atoms with Crippen LogP contribution in [-0.4, -0.2) is 48.6 Å². The van der Waals surface area contributed by atoms with E-state index in [1.807, 2.05) is 62.4 Å². The number of para-hydroxylation sites is 3. The molecule has 1 aliphatic rings. The number of fused-ring (bicyclic) bond motifs is 1. The van der Waals surface area contributed by atoms with Gasteiger partial charge in [-0.1, -0.05) is 30.3 Å². The number of hydrogen-bond acceptors (Lipinski definition) is 8. The van der Waals surface area contributed by atoms with Crippen molar-refractivity contribution in [3.8, 4) is 34.4 Å². The van der Waals surface area contributed by atoms with E-state index in [2.05, 4.69) is 10.6 Å². The van der Waals surface area contributed by atoms with Crippen LogP contribution in [0.4, 0.5) is 11.6 Å². The molecule has 2 heterocycles. The second kappa shape index (κ2) is 11.4. The lowest BCUT2D eigenvalue weighted by molar-refractivity contribution is -0.113. The molecule has 0 spiro atoms. The number of rotatable bonds is 9. The van der Waals surface area contributed by atoms with Gasteiger partial charge < -0.3 is 29.6 Å². The maximum atomic E-state index is 13.9. The minimum atomic E-state index is -0.630. The third-order valence-electron chi connectivity index (χ3n) is 6.61. The van der Waals surface area contributed by atoms with E-state index >= 15 is 0 Å². The summed E-state index contributed by atoms with van der Waals surface area (Å²) in [6.45, 7) is 4.24. The topological polar surface area (TPSA) is 109 Å². The Bertz CT molecular complexity index is 1580. The maximum Gasteiger partial charge on any atom is 0.255 e. The number of carbonyl (C=O) groups is 1. The first-order chi connectivity index (χ1) is 19.5. The van der Waals surface area contributed by atoms with Crippen LogP contribution in [0, 0.1) is 0 Å². The first-order valence-electron chi connectivity index (χ1n) is 12.8. The molecule has 2 N–H and O–H groups in total. The van der Waals surface area contributed by atoms with E-state index in [1.54, 1.807) is 44.2 Å². The Morgan fingerprint density at radius 3 is 2.35 bits per heavy atom. The van der Waals surface area contributed by atoms with Gasteiger partial charge in [-0.25, -0.2) is 4.68 Å². The number of benzene rings is 3. The van der Waals surface area contributed by atoms with E-state index in [-0.39, 0.29) is 5.91 Å². The number of allylic oxidation sites excluding steroid dienone is 1. The van der Waals surface area contributed by atoms with Crippen LogP contribution in [0.3, 0.4) is 0 Å². The number of carbonyl (C=O) groups excluding carboxylic acids is 1. The quantitative estimate of drug-likeness (QED) is 0.294. The molecular formula is C30H31N5O5. The summed E-state index contributed by atoms with van der Waals surface area (Å²) < 4.78 is 24.0. The van der Waals surface area contributed by atoms with Gasteiger partial charge in [0.15, 0.2) is 17.3 Å². The van der Waals surface area contributed by atoms with Crippen molar-refractivity contribution in [2.75, 3.05) is 38.6 Å². The largest absolute Gasteiger partial charge is 0.495 e. The van der Waals surface area contributed by atoms with Crippen molar-refractivity contribution in [3.05, 3.63) is 83.6 Å². The number of hydrogen-bond donors (Lipinski definition) is 2. The molecular weight excluding hydrogens is 510 g/mol. The third kappa shape index (κ3) is 4.91. The predicted molar refractivity (Wildman–Crippen MR) is 152 cm³/mol. The molecule has 0 aliphatic carbocycles. The van der Waals surface area contributed by atoms with Crippen molar-refractivity contribution in [1.29, 1.82) is 0 Å². The number of aromatic nitrogens is 3. The number of amides is 1. The Labute approximate surface area is 232 Å². The summed E-state index contributed by atoms with van der Waals surface area (Å²) in [5.41, 5.74) is 3.18. The molecule has 1 aliphatic heterocycles. The van der Waals surface area contributed by atoms with E-state index in [0.29, 0.717) is 58.3 Å². The van der Waals surface area contributed by atoms with Crippen molar-refractivity contribution in [1.82, 2.24) is 14.8 Å². The fourth-order valence-corrected chi connectivity index (χ4v) is 4.76. The molecule has 10 heteroatoms. The Morgan fingerprint density at radius 1 is 0.925 bits per heavy atom. The third-order valence-corrected chi connectivity index (χ3v) is 6.61. The van der Waals surface area contributed by atoms with Gasteiger partial charge in [0.25, 0.3) is 5.91 Å². The summed E-state index contributed by atoms with van der Waals surface area (Å²) in [7, 11) is 4.73. The molecule has 5 rings (SSSR count). The summed E-state index contributed by atoms with van der Waals surface area (Å²) in [5, 5.41) is 11.2. The molecule has 206 valence electrons. The second-order valence-corrected chi connectivity index (χ2v) is 8.96. The van der Waals surface area contributed by atoms with Crippen molar-refractivity contribution in [3.63, 3.8) is 0 Å². The summed E-state index contributed by atoms with van der Waals surface area (Å²) in [6, 6.07) is 19.8. The highest BCUT2D eigenvalue weighted by molar-refractivity contribution is 6.06. The van der Waals surface area contributed by atoms with Crippen molar-refractivity contribution in [2.24, 2.45) is 0 Å². The molecule has 1 unspecified atom stereocenters. The number of methoxy groups -OCH3 is 3. The fourth-order valence-electron chi connectivity index (χ4n) is 4.76. The summed E-state index contributed by atoms with van der Waals surface area (Å²) in [4.78, 5) is 18.7. The molecule has 0 saturated carbocycles. The number of nitrogens with one attached hydrogen (secondary N) is 2. The first kappa shape index (κ1) is 26.6. The first-order valence-corrected chi connectivity index (χ1v) is 12.8. The Morgan fingerprint density at radius 2 is 1.62 bits per heavy atom. The van der Waals surface area contributed by atoms with Crippen molar-refractivity contribution >= 4 is 17.5 Å². The zero-order valence-corrected chi connectivity index (χ0v) is 23.0. The van der Waals surface area contributed by atoms with E-state index in [4.69, 9.17) is 29.0 Å². The van der Waals surface area contributed by atoms with Crippen LogP contribution in [0.25, 0.3) is 11.4 Å². The highest BCUT2D eigenvalue weighted by atomic mass is 16.5. The average Bonchev–Trinajstić information content (AvgIpc) is 3.40. The van der Waals surface area contributed by atoms with Crippen LogP contribution >= 0.6 is 0 Å². The van der Waals surface area contributed by atoms with Gasteiger partial charge >= 0.3 is 0 Å². The van der Waals surface area contributed by atoms with Crippen LogP contribution in [0.2, 0.25) is 0 Å². The Kier molecular flexibility index (Phi) is 7.59. The number of ether oxygens (including phenoxy) is 4. The van der Waals surface area contributed by atoms with E-state index in [9.17, 15) is 4.79 Å². The highest BCUT2D eigenvalue weighted by Gasteiger charge is 2.36. The molecule has 4 aromatic rings. The number of nitrogens with zero attached hydrogens (tertiary/aromatic N) is 3. The molecule has 0 bridgehead atoms. The highest BCUT2D eigenvalue weighted by Crippen LogP contribution is 2.41. The van der Waals surface area contributed by atoms with Crippen LogP contribution in [0.15, 0.2) is 78.0 Å². The van der Waals surface area contributed by atoms with Gasteiger partial charge in [0, 0.05) is 16.8 Å². The Balaban J connectivity index is 1.63. The molecule has 1 aromatic heterocycles. The molecule has 40 heavy (non-hydrogen) atoms. The van der Waals surface area contributed by atoms with E-state index < -0.39 is 6.04 Å². The summed E-state index contributed by atoms with van der Waals surface area (Å²) in [6.07, 6.45) is 0. The van der Waals surface area contributed by atoms with E-state index in [1.165, 1.54) is 0 Å². The molecule has 0 saturated heterocycles. The standard InChI is InChI=1S/C30H31N5O5/c1-6-40-22-13-9-7-11-20(22)27-26(29(36)32-21-12-8-10-14-23(21)37-3)18(2)31-30-33-28(34-35(27)30)19-15-16-24(38-4)25(17-19)39-5/h7-17,27H,6H2,1-5H3,(H,32,36)(H,31,33,34). The number of anilines is 2. The second-order valence-electron chi connectivity index (χ2n) is 8.96. The van der Waals surface area contributed by atoms with Crippen molar-refractivity contribution in [2.45, 2.75) is 19.9 Å². The van der Waals surface area contributed by atoms with Gasteiger partial charge in [0.2, 0.25) is 5.95 Å². The van der Waals surface area contributed by atoms with Crippen LogP contribution in [0.1, 0.15) is 25.5 Å². The normalized spacial score (nSPS) is 14.2. The minimum Gasteiger partial charge on any atom is -0.495 e. The van der Waals surface area contributed by atoms with Crippen LogP contribution in [-0.2, 0) is 4.79 Å². The smallest absolute Gasteiger partial charge is 0.255 e. The van der Waals surface area contributed by atoms with Gasteiger partial charge in [-0.3, -0.25) is 4.79 Å². The molecule has 3 aromatic carbocycles. The van der Waals surface area contributed by atoms with Gasteiger partial charge in [-0.15, -0.1) is 5.10 Å². The van der Waals surface area contributed by atoms with Gasteiger partial charge in [0.05, 0.1) is 39.2 Å². The monoisotopic (exact) mass is 541 g/mol. The molecule has 1 amide bonds. The zero-order chi connectivity index (χ0) is 28.2. The molecule has 0 radical (unpaired) electrons. The summed E-state index contributed by atoms with van der Waals surface area (Å²) >= 11 is 0. The van der Waals surface area contributed by atoms with Gasteiger partial charge in [-0.05, 0) is 50.2 Å². The Hall–Kier alpha value is -4.99. The van der Waals surface area contributed by atoms with E-state index in [0.717, 1.165) is 11.1 Å². The molecule has 1 atom stereocenters. The minimum absolute atomic E-state index is 0.306. The lowest BCUT2D eigenvalue weighted by atomic mass is 9.94. The predicted octanol–water partition coefficient (Wildman–Crippen LogP) is 5.30. The maximum absolute atomic E-state index is 13.9. The SMILES string of the molecule is CCOc1ccccc1C1C(C(=O)Nc2ccccc2OC)=C(C)Nc2nc(-c3ccc(OC)c(OC)c3)nn21. The van der Waals surface area contributed by atoms with Crippen LogP contribution < -0.4 is 29.6 Å². The van der Waals surface area contributed by atoms with Gasteiger partial charge in [-0.2, -0.15) is 4.98 Å². The van der Waals surface area contributed by atoms with Crippen LogP contribution in [0.5, 0.6) is 23.0 Å². The summed E-state index contributed by atoms with van der Waals surface area (Å²) in [5.74, 6) is 3.02. The molecule has 10 nitrogen and oxygen atoms in total. The van der Waals surface area contributed by atoms with Crippen molar-refractivity contribution < 1.29 is 23.7 Å². The lowest BCUT2D eigenvalue weighted by Gasteiger charge is -2.29. The zero-order valence-electron chi connectivity index (χ0n) is 23.0. The lowest BCUT2D eigenvalue weighted by Crippen LogP contribution is -2.31. The fraction of sp³-hybridized carbons (Fsp3) is 0.233. The molecule has 0 fully saturated rings. The van der Waals surface area contributed by atoms with Gasteiger partial charge in [0.1, 0.15) is 17.5 Å².